The van der Waals surface area contributed by atoms with Gasteiger partial charge in [-0.2, -0.15) is 0 Å². The Hall–Kier alpha value is -1.67. The van der Waals surface area contributed by atoms with E-state index in [-0.39, 0.29) is 16.7 Å². The van der Waals surface area contributed by atoms with Crippen molar-refractivity contribution in [3.63, 3.8) is 0 Å². The maximum Gasteiger partial charge on any atom is 0.311 e. The van der Waals surface area contributed by atoms with E-state index in [0.29, 0.717) is 25.4 Å². The van der Waals surface area contributed by atoms with Crippen LogP contribution in [-0.4, -0.2) is 45.4 Å². The number of benzene rings is 1. The summed E-state index contributed by atoms with van der Waals surface area (Å²) < 4.78 is 29.2. The summed E-state index contributed by atoms with van der Waals surface area (Å²) in [6.45, 7) is 3.68. The number of rotatable bonds is 5. The van der Waals surface area contributed by atoms with Gasteiger partial charge in [0, 0.05) is 26.0 Å². The highest BCUT2D eigenvalue weighted by atomic mass is 32.2. The Bertz CT molecular complexity index is 657. The van der Waals surface area contributed by atoms with Gasteiger partial charge in [0.05, 0.1) is 11.0 Å². The van der Waals surface area contributed by atoms with Crippen molar-refractivity contribution < 1.29 is 18.1 Å². The molecule has 1 fully saturated rings. The molecule has 1 unspecified atom stereocenters. The summed E-state index contributed by atoms with van der Waals surface area (Å²) in [7, 11) is -3.66. The lowest BCUT2D eigenvalue weighted by Crippen LogP contribution is -2.40. The van der Waals surface area contributed by atoms with Crippen molar-refractivity contribution in [3.8, 4) is 0 Å². The Morgan fingerprint density at radius 3 is 2.77 bits per heavy atom. The monoisotopic (exact) mass is 328 g/mol. The molecule has 0 aliphatic carbocycles. The lowest BCUT2D eigenvalue weighted by atomic mass is 10.1. The molecule has 1 aromatic carbocycles. The molecule has 1 aromatic rings. The molecule has 0 N–H and O–H groups in total. The average molecular weight is 328 g/mol. The van der Waals surface area contributed by atoms with Crippen molar-refractivity contribution in [2.24, 2.45) is 0 Å². The molecule has 1 aliphatic heterocycles. The van der Waals surface area contributed by atoms with Crippen LogP contribution in [0.25, 0.3) is 0 Å². The first-order chi connectivity index (χ1) is 10.3. The highest BCUT2D eigenvalue weighted by molar-refractivity contribution is 7.90. The van der Waals surface area contributed by atoms with Gasteiger partial charge in [-0.05, 0) is 31.9 Å². The van der Waals surface area contributed by atoms with Gasteiger partial charge in [-0.1, -0.05) is 6.07 Å². The van der Waals surface area contributed by atoms with Gasteiger partial charge in [-0.3, -0.25) is 10.1 Å². The molecule has 7 nitrogen and oxygen atoms in total. The molecule has 2 rings (SSSR count). The number of nitro groups is 1. The second-order valence-corrected chi connectivity index (χ2v) is 7.30. The standard InChI is InChI=1S/C14H20N2O5S/c1-3-21-11-6-5-9-15(10-11)12-7-4-8-13(22(2,19)20)14(12)16(17)18/h4,7-8,11H,3,5-6,9-10H2,1-2H3. The smallest absolute Gasteiger partial charge is 0.311 e. The molecule has 0 radical (unpaired) electrons. The Morgan fingerprint density at radius 2 is 2.18 bits per heavy atom. The summed E-state index contributed by atoms with van der Waals surface area (Å²) in [6.07, 6.45) is 2.76. The molecule has 1 atom stereocenters. The number of para-hydroxylation sites is 1. The van der Waals surface area contributed by atoms with Crippen LogP contribution in [0.4, 0.5) is 11.4 Å². The van der Waals surface area contributed by atoms with Crippen molar-refractivity contribution >= 4 is 21.2 Å². The maximum atomic E-state index is 11.8. The van der Waals surface area contributed by atoms with E-state index in [1.807, 2.05) is 11.8 Å². The van der Waals surface area contributed by atoms with E-state index in [9.17, 15) is 18.5 Å². The average Bonchev–Trinajstić information content (AvgIpc) is 2.46. The molecule has 0 bridgehead atoms. The minimum atomic E-state index is -3.66. The lowest BCUT2D eigenvalue weighted by Gasteiger charge is -2.33. The van der Waals surface area contributed by atoms with E-state index in [1.165, 1.54) is 6.07 Å². The summed E-state index contributed by atoms with van der Waals surface area (Å²) in [5, 5.41) is 11.4. The van der Waals surface area contributed by atoms with Gasteiger partial charge in [0.2, 0.25) is 0 Å². The van der Waals surface area contributed by atoms with Crippen LogP contribution in [0.5, 0.6) is 0 Å². The van der Waals surface area contributed by atoms with Crippen molar-refractivity contribution in [1.82, 2.24) is 0 Å². The van der Waals surface area contributed by atoms with Gasteiger partial charge < -0.3 is 9.64 Å². The normalized spacial score (nSPS) is 19.2. The Balaban J connectivity index is 2.44. The van der Waals surface area contributed by atoms with Gasteiger partial charge in [0.25, 0.3) is 0 Å². The fraction of sp³-hybridized carbons (Fsp3) is 0.571. The van der Waals surface area contributed by atoms with Gasteiger partial charge >= 0.3 is 5.69 Å². The quantitative estimate of drug-likeness (QED) is 0.606. The first-order valence-corrected chi connectivity index (χ1v) is 9.07. The second kappa shape index (κ2) is 6.62. The molecule has 1 heterocycles. The first kappa shape index (κ1) is 16.7. The Kier molecular flexibility index (Phi) is 5.02. The largest absolute Gasteiger partial charge is 0.377 e. The third-order valence-corrected chi connectivity index (χ3v) is 4.81. The minimum absolute atomic E-state index is 0.0141. The molecule has 8 heteroatoms. The van der Waals surface area contributed by atoms with E-state index < -0.39 is 14.8 Å². The Labute approximate surface area is 129 Å². The van der Waals surface area contributed by atoms with E-state index in [4.69, 9.17) is 4.74 Å². The summed E-state index contributed by atoms with van der Waals surface area (Å²) in [5.74, 6) is 0. The number of nitrogens with zero attached hydrogens (tertiary/aromatic N) is 2. The zero-order valence-electron chi connectivity index (χ0n) is 12.7. The van der Waals surface area contributed by atoms with Crippen LogP contribution < -0.4 is 4.90 Å². The van der Waals surface area contributed by atoms with Crippen LogP contribution in [0.2, 0.25) is 0 Å². The zero-order chi connectivity index (χ0) is 16.3. The van der Waals surface area contributed by atoms with E-state index in [1.54, 1.807) is 12.1 Å². The zero-order valence-corrected chi connectivity index (χ0v) is 13.5. The van der Waals surface area contributed by atoms with Crippen molar-refractivity contribution in [3.05, 3.63) is 28.3 Å². The number of ether oxygens (including phenoxy) is 1. The number of anilines is 1. The first-order valence-electron chi connectivity index (χ1n) is 7.18. The fourth-order valence-electron chi connectivity index (χ4n) is 2.78. The molecular formula is C14H20N2O5S. The van der Waals surface area contributed by atoms with Crippen LogP contribution in [0, 0.1) is 10.1 Å². The van der Waals surface area contributed by atoms with E-state index >= 15 is 0 Å². The highest BCUT2D eigenvalue weighted by Gasteiger charge is 2.31. The van der Waals surface area contributed by atoms with Gasteiger partial charge in [0.15, 0.2) is 9.84 Å². The third-order valence-electron chi connectivity index (χ3n) is 3.68. The van der Waals surface area contributed by atoms with Gasteiger partial charge in [-0.15, -0.1) is 0 Å². The van der Waals surface area contributed by atoms with Crippen molar-refractivity contribution in [2.75, 3.05) is 30.9 Å². The molecule has 1 aliphatic rings. The number of piperidine rings is 1. The SMILES string of the molecule is CCOC1CCCN(c2cccc(S(C)(=O)=O)c2[N+](=O)[O-])C1. The second-order valence-electron chi connectivity index (χ2n) is 5.32. The maximum absolute atomic E-state index is 11.8. The predicted octanol–water partition coefficient (Wildman–Crippen LogP) is 2.00. The van der Waals surface area contributed by atoms with Crippen molar-refractivity contribution in [2.45, 2.75) is 30.8 Å². The number of nitro benzene ring substituents is 1. The minimum Gasteiger partial charge on any atom is -0.377 e. The molecular weight excluding hydrogens is 308 g/mol. The summed E-state index contributed by atoms with van der Waals surface area (Å²) in [6, 6.07) is 4.42. The van der Waals surface area contributed by atoms with E-state index in [2.05, 4.69) is 0 Å². The molecule has 0 spiro atoms. The number of hydrogen-bond donors (Lipinski definition) is 0. The molecule has 1 saturated heterocycles. The summed E-state index contributed by atoms with van der Waals surface area (Å²) >= 11 is 0. The third kappa shape index (κ3) is 3.56. The lowest BCUT2D eigenvalue weighted by molar-refractivity contribution is -0.387. The predicted molar refractivity (Wildman–Crippen MR) is 83.1 cm³/mol. The molecule has 0 aromatic heterocycles. The van der Waals surface area contributed by atoms with Gasteiger partial charge in [-0.25, -0.2) is 8.42 Å². The number of sulfone groups is 1. The van der Waals surface area contributed by atoms with Crippen LogP contribution in [-0.2, 0) is 14.6 Å². The fourth-order valence-corrected chi connectivity index (χ4v) is 3.63. The molecule has 122 valence electrons. The van der Waals surface area contributed by atoms with Crippen LogP contribution in [0.3, 0.4) is 0 Å². The summed E-state index contributed by atoms with van der Waals surface area (Å²) in [5.41, 5.74) is -0.000485. The number of hydrogen-bond acceptors (Lipinski definition) is 6. The molecule has 0 saturated carbocycles. The van der Waals surface area contributed by atoms with Crippen molar-refractivity contribution in [1.29, 1.82) is 0 Å². The molecule has 22 heavy (non-hydrogen) atoms. The molecule has 0 amide bonds. The van der Waals surface area contributed by atoms with E-state index in [0.717, 1.165) is 19.1 Å². The van der Waals surface area contributed by atoms with Crippen LogP contribution >= 0.6 is 0 Å². The highest BCUT2D eigenvalue weighted by Crippen LogP contribution is 2.36. The van der Waals surface area contributed by atoms with Gasteiger partial charge in [0.1, 0.15) is 10.6 Å². The topological polar surface area (TPSA) is 89.8 Å². The van der Waals surface area contributed by atoms with Crippen LogP contribution in [0.1, 0.15) is 19.8 Å². The van der Waals surface area contributed by atoms with Crippen LogP contribution in [0.15, 0.2) is 23.1 Å². The Morgan fingerprint density at radius 1 is 1.45 bits per heavy atom. The summed E-state index contributed by atoms with van der Waals surface area (Å²) in [4.78, 5) is 12.4.